The summed E-state index contributed by atoms with van der Waals surface area (Å²) in [5.74, 6) is 0. The van der Waals surface area contributed by atoms with E-state index in [0.29, 0.717) is 0 Å². The summed E-state index contributed by atoms with van der Waals surface area (Å²) in [4.78, 5) is 0. The Morgan fingerprint density at radius 3 is 0.850 bits per heavy atom. The first-order valence-corrected chi connectivity index (χ1v) is 13.4. The van der Waals surface area contributed by atoms with E-state index in [9.17, 15) is 0 Å². The molecule has 0 unspecified atom stereocenters. The summed E-state index contributed by atoms with van der Waals surface area (Å²) in [5.41, 5.74) is 2.49. The van der Waals surface area contributed by atoms with Crippen LogP contribution in [-0.2, 0) is 25.8 Å². The number of rotatable bonds is 2. The van der Waals surface area contributed by atoms with Crippen molar-refractivity contribution in [2.24, 2.45) is 0 Å². The SMILES string of the molecule is [Hf].c1ccc([CH-]c2ccccc2)cc1.c1ccc2c(c1)[cH-]c1ccccc12.c1ccc2c(c1)[cH-]c1ccccc12. The molecule has 0 aliphatic carbocycles. The second-order valence-corrected chi connectivity index (χ2v) is 9.60. The second kappa shape index (κ2) is 13.2. The number of fused-ring (bicyclic) bond motifs is 6. The van der Waals surface area contributed by atoms with Gasteiger partial charge in [-0.05, 0) is 0 Å². The van der Waals surface area contributed by atoms with Gasteiger partial charge in [0.2, 0.25) is 0 Å². The molecule has 0 nitrogen and oxygen atoms in total. The predicted molar refractivity (Wildman–Crippen MR) is 169 cm³/mol. The Balaban J connectivity index is 0.000000120. The van der Waals surface area contributed by atoms with Crippen LogP contribution in [0.4, 0.5) is 0 Å². The summed E-state index contributed by atoms with van der Waals surface area (Å²) in [7, 11) is 0. The molecule has 0 N–H and O–H groups in total. The van der Waals surface area contributed by atoms with E-state index in [-0.39, 0.29) is 25.8 Å². The van der Waals surface area contributed by atoms with Gasteiger partial charge in [0, 0.05) is 25.8 Å². The fourth-order valence-corrected chi connectivity index (χ4v) is 5.10. The van der Waals surface area contributed by atoms with Crippen LogP contribution in [0.25, 0.3) is 43.1 Å². The minimum absolute atomic E-state index is 0. The Kier molecular flexibility index (Phi) is 9.06. The number of hydrogen-bond donors (Lipinski definition) is 0. The summed E-state index contributed by atoms with van der Waals surface area (Å²) >= 11 is 0. The smallest absolute Gasteiger partial charge is 0 e. The van der Waals surface area contributed by atoms with Crippen molar-refractivity contribution >= 4 is 43.1 Å². The van der Waals surface area contributed by atoms with Crippen LogP contribution < -0.4 is 0 Å². The zero-order valence-electron chi connectivity index (χ0n) is 22.2. The molecule has 8 rings (SSSR count). The summed E-state index contributed by atoms with van der Waals surface area (Å²) in [5, 5.41) is 10.8. The third-order valence-corrected chi connectivity index (χ3v) is 6.98. The molecule has 0 atom stereocenters. The van der Waals surface area contributed by atoms with Crippen molar-refractivity contribution in [3.8, 4) is 0 Å². The normalized spacial score (nSPS) is 10.3. The van der Waals surface area contributed by atoms with E-state index in [1.165, 1.54) is 54.2 Å². The molecule has 0 saturated heterocycles. The van der Waals surface area contributed by atoms with E-state index in [0.717, 1.165) is 0 Å². The van der Waals surface area contributed by atoms with Crippen molar-refractivity contribution in [3.63, 3.8) is 0 Å². The van der Waals surface area contributed by atoms with Crippen molar-refractivity contribution in [2.45, 2.75) is 0 Å². The molecular weight excluding hydrogens is 647 g/mol. The first kappa shape index (κ1) is 27.4. The fourth-order valence-electron chi connectivity index (χ4n) is 5.10. The molecular formula is C39H29Hf-3. The predicted octanol–water partition coefficient (Wildman–Crippen LogP) is 10.7. The Hall–Kier alpha value is -4.20. The van der Waals surface area contributed by atoms with Gasteiger partial charge in [-0.2, -0.15) is 0 Å². The average molecular weight is 676 g/mol. The molecule has 8 aromatic rings. The Labute approximate surface area is 255 Å². The van der Waals surface area contributed by atoms with Crippen LogP contribution in [0, 0.1) is 6.42 Å². The molecule has 0 bridgehead atoms. The van der Waals surface area contributed by atoms with Gasteiger partial charge >= 0.3 is 0 Å². The van der Waals surface area contributed by atoms with E-state index < -0.39 is 0 Å². The summed E-state index contributed by atoms with van der Waals surface area (Å²) < 4.78 is 0. The molecule has 0 spiro atoms. The van der Waals surface area contributed by atoms with Gasteiger partial charge in [0.25, 0.3) is 0 Å². The zero-order chi connectivity index (χ0) is 26.3. The molecule has 40 heavy (non-hydrogen) atoms. The van der Waals surface area contributed by atoms with Gasteiger partial charge < -0.3 is 0 Å². The van der Waals surface area contributed by atoms with Crippen molar-refractivity contribution < 1.29 is 25.8 Å². The molecule has 0 radical (unpaired) electrons. The molecule has 0 fully saturated rings. The molecule has 0 aliphatic heterocycles. The van der Waals surface area contributed by atoms with Crippen LogP contribution in [0.5, 0.6) is 0 Å². The summed E-state index contributed by atoms with van der Waals surface area (Å²) in [6.07, 6.45) is 2.17. The van der Waals surface area contributed by atoms with E-state index in [4.69, 9.17) is 0 Å². The molecule has 1 heteroatoms. The standard InChI is InChI=1S/2C13H9.C13H11.Hf/c2*1-3-7-12-10(5-1)9-11-6-2-4-8-13(11)12;1-3-7-12(8-4-1)11-13-9-5-2-6-10-13;/h2*1-9H;1-11H;/q3*-1;. The maximum absolute atomic E-state index is 2.24. The van der Waals surface area contributed by atoms with E-state index >= 15 is 0 Å². The van der Waals surface area contributed by atoms with Crippen molar-refractivity contribution in [3.05, 3.63) is 187 Å². The Bertz CT molecular complexity index is 1680. The van der Waals surface area contributed by atoms with Gasteiger partial charge in [0.1, 0.15) is 0 Å². The van der Waals surface area contributed by atoms with Crippen molar-refractivity contribution in [2.75, 3.05) is 0 Å². The van der Waals surface area contributed by atoms with Crippen molar-refractivity contribution in [1.29, 1.82) is 0 Å². The van der Waals surface area contributed by atoms with E-state index in [1.54, 1.807) is 0 Å². The van der Waals surface area contributed by atoms with Gasteiger partial charge in [0.15, 0.2) is 0 Å². The zero-order valence-corrected chi connectivity index (χ0v) is 25.8. The van der Waals surface area contributed by atoms with E-state index in [1.807, 2.05) is 12.1 Å². The molecule has 8 aromatic carbocycles. The fraction of sp³-hybridized carbons (Fsp3) is 0. The van der Waals surface area contributed by atoms with Gasteiger partial charge in [-0.15, -0.1) is 121 Å². The first-order valence-electron chi connectivity index (χ1n) is 13.4. The molecule has 0 amide bonds. The van der Waals surface area contributed by atoms with Gasteiger partial charge in [-0.25, -0.2) is 0 Å². The molecule has 0 aromatic heterocycles. The third-order valence-electron chi connectivity index (χ3n) is 6.98. The van der Waals surface area contributed by atoms with Crippen LogP contribution in [-0.4, -0.2) is 0 Å². The van der Waals surface area contributed by atoms with Crippen LogP contribution in [0.15, 0.2) is 170 Å². The monoisotopic (exact) mass is 677 g/mol. The van der Waals surface area contributed by atoms with Crippen LogP contribution in [0.1, 0.15) is 11.1 Å². The minimum atomic E-state index is 0. The quantitative estimate of drug-likeness (QED) is 0.126. The van der Waals surface area contributed by atoms with Gasteiger partial charge in [0.05, 0.1) is 0 Å². The molecule has 0 aliphatic rings. The maximum Gasteiger partial charge on any atom is 0 e. The van der Waals surface area contributed by atoms with Gasteiger partial charge in [-0.3, -0.25) is 0 Å². The maximum atomic E-state index is 2.24. The third kappa shape index (κ3) is 6.33. The number of hydrogen-bond acceptors (Lipinski definition) is 0. The average Bonchev–Trinajstić information content (AvgIpc) is 3.58. The molecule has 0 saturated carbocycles. The van der Waals surface area contributed by atoms with Crippen LogP contribution >= 0.6 is 0 Å². The van der Waals surface area contributed by atoms with Crippen LogP contribution in [0.3, 0.4) is 0 Å². The summed E-state index contributed by atoms with van der Waals surface area (Å²) in [6.45, 7) is 0. The number of benzene rings is 6. The minimum Gasteiger partial charge on any atom is -0.126 e. The Morgan fingerprint density at radius 2 is 0.550 bits per heavy atom. The first-order chi connectivity index (χ1) is 19.3. The van der Waals surface area contributed by atoms with Gasteiger partial charge in [-0.1, -0.05) is 109 Å². The molecule has 192 valence electrons. The Morgan fingerprint density at radius 1 is 0.300 bits per heavy atom. The summed E-state index contributed by atoms with van der Waals surface area (Å²) in [6, 6.07) is 59.2. The molecule has 0 heterocycles. The van der Waals surface area contributed by atoms with E-state index in [2.05, 4.69) is 164 Å². The van der Waals surface area contributed by atoms with Crippen LogP contribution in [0.2, 0.25) is 0 Å². The second-order valence-electron chi connectivity index (χ2n) is 9.60. The largest absolute Gasteiger partial charge is 0.126 e. The topological polar surface area (TPSA) is 0 Å². The van der Waals surface area contributed by atoms with Crippen molar-refractivity contribution in [1.82, 2.24) is 0 Å².